The molecule has 0 saturated carbocycles. The molecule has 2 aliphatic heterocycles. The molecule has 3 rings (SSSR count). The molecule has 0 bridgehead atoms. The maximum atomic E-state index is 5.91. The van der Waals surface area contributed by atoms with E-state index < -0.39 is 0 Å². The highest BCUT2D eigenvalue weighted by atomic mass is 15.0. The van der Waals surface area contributed by atoms with Crippen LogP contribution in [0.3, 0.4) is 0 Å². The molecule has 5 heteroatoms. The smallest absolute Gasteiger partial charge is 0.0442 e. The third kappa shape index (κ3) is 4.06. The van der Waals surface area contributed by atoms with Crippen LogP contribution in [-0.4, -0.2) is 25.7 Å². The zero-order valence-corrected chi connectivity index (χ0v) is 14.5. The fourth-order valence-corrected chi connectivity index (χ4v) is 3.27. The molecule has 1 saturated heterocycles. The van der Waals surface area contributed by atoms with E-state index in [2.05, 4.69) is 46.9 Å². The van der Waals surface area contributed by atoms with Crippen molar-refractivity contribution in [2.24, 2.45) is 11.5 Å². The highest BCUT2D eigenvalue weighted by Crippen LogP contribution is 2.18. The predicted octanol–water partition coefficient (Wildman–Crippen LogP) is 0.300. The van der Waals surface area contributed by atoms with Crippen molar-refractivity contribution in [3.8, 4) is 0 Å². The Balaban J connectivity index is 2.03. The van der Waals surface area contributed by atoms with Gasteiger partial charge in [0.05, 0.1) is 0 Å². The van der Waals surface area contributed by atoms with Gasteiger partial charge in [-0.15, -0.1) is 0 Å². The normalized spacial score (nSPS) is 18.4. The summed E-state index contributed by atoms with van der Waals surface area (Å²) in [6.07, 6.45) is 11.6. The summed E-state index contributed by atoms with van der Waals surface area (Å²) in [5, 5.41) is 12.8. The van der Waals surface area contributed by atoms with Crippen LogP contribution in [0.1, 0.15) is 18.4 Å². The highest BCUT2D eigenvalue weighted by Gasteiger charge is 2.14. The van der Waals surface area contributed by atoms with E-state index in [-0.39, 0.29) is 0 Å². The topological polar surface area (TPSA) is 88.1 Å². The number of fused-ring (bicyclic) bond motifs is 1. The van der Waals surface area contributed by atoms with Crippen molar-refractivity contribution in [2.45, 2.75) is 18.9 Å². The van der Waals surface area contributed by atoms with Crippen LogP contribution in [-0.2, 0) is 0 Å². The summed E-state index contributed by atoms with van der Waals surface area (Å²) in [5.74, 6) is 0. The van der Waals surface area contributed by atoms with Crippen LogP contribution in [0.25, 0.3) is 17.8 Å². The molecule has 2 heterocycles. The van der Waals surface area contributed by atoms with Gasteiger partial charge in [-0.3, -0.25) is 0 Å². The van der Waals surface area contributed by atoms with Gasteiger partial charge in [-0.05, 0) is 66.6 Å². The SMILES string of the molecule is C=C/C(N)=C\C(=C/N)c1cc(NC2CCNCC2)c2c(c1)=CCNC=2. The zero-order chi connectivity index (χ0) is 17.6. The number of benzene rings is 1. The molecule has 5 nitrogen and oxygen atoms in total. The van der Waals surface area contributed by atoms with Crippen LogP contribution in [0, 0.1) is 0 Å². The van der Waals surface area contributed by atoms with Gasteiger partial charge in [0, 0.05) is 41.6 Å². The first-order valence-corrected chi connectivity index (χ1v) is 8.78. The molecular formula is C20H27N5. The first-order chi connectivity index (χ1) is 12.2. The number of hydrogen-bond donors (Lipinski definition) is 5. The fraction of sp³-hybridized carbons (Fsp3) is 0.300. The number of anilines is 1. The number of nitrogens with one attached hydrogen (secondary N) is 3. The predicted molar refractivity (Wildman–Crippen MR) is 107 cm³/mol. The zero-order valence-electron chi connectivity index (χ0n) is 14.5. The van der Waals surface area contributed by atoms with E-state index in [0.717, 1.165) is 49.3 Å². The van der Waals surface area contributed by atoms with Gasteiger partial charge in [-0.25, -0.2) is 0 Å². The molecule has 0 atom stereocenters. The van der Waals surface area contributed by atoms with Crippen molar-refractivity contribution in [2.75, 3.05) is 25.0 Å². The van der Waals surface area contributed by atoms with Crippen molar-refractivity contribution in [1.29, 1.82) is 0 Å². The number of hydrogen-bond acceptors (Lipinski definition) is 5. The van der Waals surface area contributed by atoms with Gasteiger partial charge in [0.15, 0.2) is 0 Å². The third-order valence-electron chi connectivity index (χ3n) is 4.67. The van der Waals surface area contributed by atoms with E-state index in [4.69, 9.17) is 11.5 Å². The summed E-state index contributed by atoms with van der Waals surface area (Å²) < 4.78 is 0. The van der Waals surface area contributed by atoms with Crippen LogP contribution in [0.15, 0.2) is 42.8 Å². The first-order valence-electron chi connectivity index (χ1n) is 8.78. The maximum Gasteiger partial charge on any atom is 0.0442 e. The highest BCUT2D eigenvalue weighted by molar-refractivity contribution is 5.77. The molecule has 0 spiro atoms. The van der Waals surface area contributed by atoms with Gasteiger partial charge in [-0.1, -0.05) is 12.7 Å². The van der Waals surface area contributed by atoms with Crippen LogP contribution in [0.4, 0.5) is 5.69 Å². The molecule has 0 radical (unpaired) electrons. The van der Waals surface area contributed by atoms with Crippen LogP contribution in [0.2, 0.25) is 0 Å². The maximum absolute atomic E-state index is 5.91. The second kappa shape index (κ2) is 7.94. The molecule has 0 aromatic heterocycles. The summed E-state index contributed by atoms with van der Waals surface area (Å²) in [6, 6.07) is 4.80. The Kier molecular flexibility index (Phi) is 5.46. The van der Waals surface area contributed by atoms with Crippen LogP contribution < -0.4 is 37.9 Å². The van der Waals surface area contributed by atoms with Gasteiger partial charge in [-0.2, -0.15) is 0 Å². The lowest BCUT2D eigenvalue weighted by atomic mass is 10.00. The monoisotopic (exact) mass is 337 g/mol. The Morgan fingerprint density at radius 2 is 2.08 bits per heavy atom. The summed E-state index contributed by atoms with van der Waals surface area (Å²) in [5.41, 5.74) is 15.4. The molecule has 1 fully saturated rings. The van der Waals surface area contributed by atoms with Gasteiger partial charge < -0.3 is 27.4 Å². The van der Waals surface area contributed by atoms with Gasteiger partial charge in [0.1, 0.15) is 0 Å². The first kappa shape index (κ1) is 17.2. The molecule has 2 aliphatic rings. The van der Waals surface area contributed by atoms with Crippen molar-refractivity contribution in [3.05, 3.63) is 58.8 Å². The molecular weight excluding hydrogens is 310 g/mol. The lowest BCUT2D eigenvalue weighted by Gasteiger charge is -2.25. The van der Waals surface area contributed by atoms with E-state index in [1.54, 1.807) is 12.3 Å². The second-order valence-electron chi connectivity index (χ2n) is 6.42. The van der Waals surface area contributed by atoms with Gasteiger partial charge in [0.25, 0.3) is 0 Å². The average Bonchev–Trinajstić information content (AvgIpc) is 2.66. The van der Waals surface area contributed by atoms with E-state index in [1.165, 1.54) is 10.4 Å². The van der Waals surface area contributed by atoms with E-state index in [9.17, 15) is 0 Å². The molecule has 132 valence electrons. The van der Waals surface area contributed by atoms with Crippen molar-refractivity contribution < 1.29 is 0 Å². The molecule has 1 aromatic carbocycles. The van der Waals surface area contributed by atoms with Crippen molar-refractivity contribution >= 4 is 23.5 Å². The number of allylic oxidation sites excluding steroid dienone is 3. The van der Waals surface area contributed by atoms with Crippen molar-refractivity contribution in [3.63, 3.8) is 0 Å². The summed E-state index contributed by atoms with van der Waals surface area (Å²) in [4.78, 5) is 0. The minimum Gasteiger partial charge on any atom is -0.404 e. The Morgan fingerprint density at radius 1 is 1.28 bits per heavy atom. The number of rotatable bonds is 5. The largest absolute Gasteiger partial charge is 0.404 e. The number of piperidine rings is 1. The third-order valence-corrected chi connectivity index (χ3v) is 4.67. The lowest BCUT2D eigenvalue weighted by molar-refractivity contribution is 0.479. The summed E-state index contributed by atoms with van der Waals surface area (Å²) >= 11 is 0. The lowest BCUT2D eigenvalue weighted by Crippen LogP contribution is -2.40. The Labute approximate surface area is 148 Å². The van der Waals surface area contributed by atoms with Gasteiger partial charge in [0.2, 0.25) is 0 Å². The molecule has 0 aliphatic carbocycles. The summed E-state index contributed by atoms with van der Waals surface area (Å²) in [7, 11) is 0. The van der Waals surface area contributed by atoms with Crippen LogP contribution in [0.5, 0.6) is 0 Å². The molecule has 25 heavy (non-hydrogen) atoms. The molecule has 1 aromatic rings. The Morgan fingerprint density at radius 3 is 2.80 bits per heavy atom. The fourth-order valence-electron chi connectivity index (χ4n) is 3.27. The number of nitrogens with two attached hydrogens (primary N) is 2. The van der Waals surface area contributed by atoms with Crippen LogP contribution >= 0.6 is 0 Å². The van der Waals surface area contributed by atoms with E-state index in [0.29, 0.717) is 11.7 Å². The quantitative estimate of drug-likeness (QED) is 0.499. The van der Waals surface area contributed by atoms with E-state index in [1.807, 2.05) is 6.08 Å². The standard InChI is InChI=1S/C20H27N5/c1-2-17(22)10-16(12-21)15-9-14-3-6-24-13-19(14)20(11-15)25-18-4-7-23-8-5-18/h2-3,9-13,18,23-25H,1,4-8,21-22H2/b16-12+,17-10+. The molecule has 0 amide bonds. The van der Waals surface area contributed by atoms with Gasteiger partial charge >= 0.3 is 0 Å². The summed E-state index contributed by atoms with van der Waals surface area (Å²) in [6.45, 7) is 6.65. The minimum absolute atomic E-state index is 0.481. The van der Waals surface area contributed by atoms with Crippen molar-refractivity contribution in [1.82, 2.24) is 10.6 Å². The second-order valence-corrected chi connectivity index (χ2v) is 6.42. The Hall–Kier alpha value is -2.66. The molecule has 0 unspecified atom stereocenters. The Bertz CT molecular complexity index is 813. The van der Waals surface area contributed by atoms with E-state index >= 15 is 0 Å². The minimum atomic E-state index is 0.481. The molecule has 7 N–H and O–H groups in total. The average molecular weight is 337 g/mol.